The summed E-state index contributed by atoms with van der Waals surface area (Å²) in [6, 6.07) is 0. The van der Waals surface area contributed by atoms with Gasteiger partial charge < -0.3 is 9.47 Å². The van der Waals surface area contributed by atoms with E-state index in [0.29, 0.717) is 19.1 Å². The Hall–Kier alpha value is -0.0800. The number of rotatable bonds is 12. The SMILES string of the molecule is CCCCCCCCC(C)C(OCC)(OCC)C(C)(C)C. The quantitative estimate of drug-likeness (QED) is 0.316. The molecule has 2 heteroatoms. The van der Waals surface area contributed by atoms with E-state index in [-0.39, 0.29) is 5.41 Å². The van der Waals surface area contributed by atoms with Crippen molar-refractivity contribution >= 4 is 0 Å². The molecule has 21 heavy (non-hydrogen) atoms. The standard InChI is InChI=1S/C19H40O2/c1-8-11-12-13-14-15-16-17(4)19(20-9-2,21-10-3)18(5,6)7/h17H,8-16H2,1-7H3. The molecule has 0 aromatic rings. The van der Waals surface area contributed by atoms with Crippen molar-refractivity contribution in [1.29, 1.82) is 0 Å². The van der Waals surface area contributed by atoms with Gasteiger partial charge in [0.2, 0.25) is 0 Å². The van der Waals surface area contributed by atoms with Gasteiger partial charge in [-0.05, 0) is 20.3 Å². The lowest BCUT2D eigenvalue weighted by molar-refractivity contribution is -0.312. The van der Waals surface area contributed by atoms with Crippen LogP contribution in [0.15, 0.2) is 0 Å². The second kappa shape index (κ2) is 10.6. The molecule has 0 bridgehead atoms. The molecule has 0 aliphatic carbocycles. The smallest absolute Gasteiger partial charge is 0.175 e. The van der Waals surface area contributed by atoms with Gasteiger partial charge in [0, 0.05) is 24.5 Å². The number of ether oxygens (including phenoxy) is 2. The van der Waals surface area contributed by atoms with Gasteiger partial charge in [0.1, 0.15) is 0 Å². The average molecular weight is 301 g/mol. The minimum Gasteiger partial charge on any atom is -0.349 e. The molecule has 0 aliphatic heterocycles. The van der Waals surface area contributed by atoms with Crippen LogP contribution in [0.3, 0.4) is 0 Å². The molecular formula is C19H40O2. The third kappa shape index (κ3) is 6.69. The number of unbranched alkanes of at least 4 members (excludes halogenated alkanes) is 5. The fourth-order valence-corrected chi connectivity index (χ4v) is 3.35. The molecule has 0 aliphatic rings. The summed E-state index contributed by atoms with van der Waals surface area (Å²) in [5, 5.41) is 0. The van der Waals surface area contributed by atoms with Crippen LogP contribution in [-0.2, 0) is 9.47 Å². The Balaban J connectivity index is 4.54. The zero-order valence-corrected chi connectivity index (χ0v) is 15.8. The first-order chi connectivity index (χ1) is 9.85. The van der Waals surface area contributed by atoms with E-state index in [2.05, 4.69) is 48.5 Å². The lowest BCUT2D eigenvalue weighted by Gasteiger charge is -2.48. The highest BCUT2D eigenvalue weighted by molar-refractivity contribution is 4.89. The van der Waals surface area contributed by atoms with E-state index in [0.717, 1.165) is 0 Å². The lowest BCUT2D eigenvalue weighted by Crippen LogP contribution is -2.53. The van der Waals surface area contributed by atoms with Crippen molar-refractivity contribution in [3.05, 3.63) is 0 Å². The number of hydrogen-bond donors (Lipinski definition) is 0. The first-order valence-corrected chi connectivity index (χ1v) is 9.13. The highest BCUT2D eigenvalue weighted by atomic mass is 16.7. The van der Waals surface area contributed by atoms with E-state index in [9.17, 15) is 0 Å². The molecule has 0 amide bonds. The Morgan fingerprint density at radius 1 is 0.762 bits per heavy atom. The maximum Gasteiger partial charge on any atom is 0.175 e. The molecule has 0 fully saturated rings. The van der Waals surface area contributed by atoms with Crippen molar-refractivity contribution in [2.45, 2.75) is 99.2 Å². The van der Waals surface area contributed by atoms with Gasteiger partial charge in [-0.3, -0.25) is 0 Å². The second-order valence-corrected chi connectivity index (χ2v) is 7.24. The van der Waals surface area contributed by atoms with Gasteiger partial charge in [0.15, 0.2) is 5.79 Å². The van der Waals surface area contributed by atoms with Gasteiger partial charge in [-0.25, -0.2) is 0 Å². The molecule has 0 radical (unpaired) electrons. The van der Waals surface area contributed by atoms with Crippen molar-refractivity contribution in [3.8, 4) is 0 Å². The van der Waals surface area contributed by atoms with Crippen LogP contribution < -0.4 is 0 Å². The molecular weight excluding hydrogens is 260 g/mol. The van der Waals surface area contributed by atoms with Crippen LogP contribution >= 0.6 is 0 Å². The van der Waals surface area contributed by atoms with Gasteiger partial charge in [-0.2, -0.15) is 0 Å². The summed E-state index contributed by atoms with van der Waals surface area (Å²) in [7, 11) is 0. The summed E-state index contributed by atoms with van der Waals surface area (Å²) in [6.07, 6.45) is 9.24. The van der Waals surface area contributed by atoms with Crippen LogP contribution in [0.2, 0.25) is 0 Å². The van der Waals surface area contributed by atoms with E-state index in [4.69, 9.17) is 9.47 Å². The van der Waals surface area contributed by atoms with Crippen molar-refractivity contribution in [1.82, 2.24) is 0 Å². The summed E-state index contributed by atoms with van der Waals surface area (Å²) in [5.41, 5.74) is -0.0132. The molecule has 2 nitrogen and oxygen atoms in total. The second-order valence-electron chi connectivity index (χ2n) is 7.24. The minimum atomic E-state index is -0.458. The van der Waals surface area contributed by atoms with Gasteiger partial charge in [-0.15, -0.1) is 0 Å². The lowest BCUT2D eigenvalue weighted by atomic mass is 9.76. The molecule has 1 atom stereocenters. The molecule has 0 saturated heterocycles. The van der Waals surface area contributed by atoms with E-state index < -0.39 is 5.79 Å². The maximum atomic E-state index is 6.17. The molecule has 0 aromatic heterocycles. The summed E-state index contributed by atoms with van der Waals surface area (Å²) >= 11 is 0. The Labute approximate surface area is 134 Å². The van der Waals surface area contributed by atoms with E-state index in [1.165, 1.54) is 44.9 Å². The van der Waals surface area contributed by atoms with Crippen LogP contribution in [0.5, 0.6) is 0 Å². The zero-order chi connectivity index (χ0) is 16.4. The fraction of sp³-hybridized carbons (Fsp3) is 1.00. The molecule has 1 unspecified atom stereocenters. The Morgan fingerprint density at radius 3 is 1.67 bits per heavy atom. The monoisotopic (exact) mass is 300 g/mol. The van der Waals surface area contributed by atoms with Crippen molar-refractivity contribution in [2.75, 3.05) is 13.2 Å². The zero-order valence-electron chi connectivity index (χ0n) is 15.8. The molecule has 0 rings (SSSR count). The van der Waals surface area contributed by atoms with Gasteiger partial charge in [0.05, 0.1) is 0 Å². The number of hydrogen-bond acceptors (Lipinski definition) is 2. The Morgan fingerprint density at radius 2 is 1.24 bits per heavy atom. The molecule has 0 N–H and O–H groups in total. The molecule has 0 spiro atoms. The van der Waals surface area contributed by atoms with Crippen LogP contribution in [-0.4, -0.2) is 19.0 Å². The topological polar surface area (TPSA) is 18.5 Å². The van der Waals surface area contributed by atoms with Crippen LogP contribution in [0.25, 0.3) is 0 Å². The Bertz CT molecular complexity index is 236. The fourth-order valence-electron chi connectivity index (χ4n) is 3.35. The van der Waals surface area contributed by atoms with Gasteiger partial charge in [-0.1, -0.05) is 73.1 Å². The van der Waals surface area contributed by atoms with Crippen LogP contribution in [0.1, 0.15) is 93.4 Å². The Kier molecular flexibility index (Phi) is 10.6. The highest BCUT2D eigenvalue weighted by Gasteiger charge is 2.47. The van der Waals surface area contributed by atoms with Gasteiger partial charge in [0.25, 0.3) is 0 Å². The van der Waals surface area contributed by atoms with E-state index >= 15 is 0 Å². The largest absolute Gasteiger partial charge is 0.349 e. The third-order valence-electron chi connectivity index (χ3n) is 4.40. The first kappa shape index (κ1) is 20.9. The summed E-state index contributed by atoms with van der Waals surface area (Å²) in [6.45, 7) is 16.8. The first-order valence-electron chi connectivity index (χ1n) is 9.13. The average Bonchev–Trinajstić information content (AvgIpc) is 2.40. The predicted octanol–water partition coefficient (Wildman–Crippen LogP) is 6.19. The third-order valence-corrected chi connectivity index (χ3v) is 4.40. The van der Waals surface area contributed by atoms with Crippen LogP contribution in [0.4, 0.5) is 0 Å². The van der Waals surface area contributed by atoms with Crippen molar-refractivity contribution in [2.24, 2.45) is 11.3 Å². The minimum absolute atomic E-state index is 0.0132. The van der Waals surface area contributed by atoms with Crippen LogP contribution in [0, 0.1) is 11.3 Å². The maximum absolute atomic E-state index is 6.17. The summed E-state index contributed by atoms with van der Waals surface area (Å²) < 4.78 is 12.3. The molecule has 0 heterocycles. The summed E-state index contributed by atoms with van der Waals surface area (Å²) in [5.74, 6) is -0.0384. The predicted molar refractivity (Wildman–Crippen MR) is 92.6 cm³/mol. The van der Waals surface area contributed by atoms with E-state index in [1.807, 2.05) is 0 Å². The van der Waals surface area contributed by atoms with Crippen molar-refractivity contribution < 1.29 is 9.47 Å². The highest BCUT2D eigenvalue weighted by Crippen LogP contribution is 2.43. The normalized spacial score (nSPS) is 14.4. The van der Waals surface area contributed by atoms with Crippen molar-refractivity contribution in [3.63, 3.8) is 0 Å². The van der Waals surface area contributed by atoms with E-state index in [1.54, 1.807) is 0 Å². The molecule has 128 valence electrons. The molecule has 0 aromatic carbocycles. The summed E-state index contributed by atoms with van der Waals surface area (Å²) in [4.78, 5) is 0. The molecule has 0 saturated carbocycles. The van der Waals surface area contributed by atoms with Gasteiger partial charge >= 0.3 is 0 Å².